The maximum Gasteiger partial charge on any atom is 0.307 e. The number of hydrogen-bond donors (Lipinski definition) is 2. The predicted octanol–water partition coefficient (Wildman–Crippen LogP) is 0.326. The first-order chi connectivity index (χ1) is 7.85. The van der Waals surface area contributed by atoms with Gasteiger partial charge in [0, 0.05) is 13.1 Å². The van der Waals surface area contributed by atoms with E-state index in [-0.39, 0.29) is 12.0 Å². The van der Waals surface area contributed by atoms with Crippen LogP contribution in [-0.4, -0.2) is 46.2 Å². The molecule has 0 aromatic carbocycles. The van der Waals surface area contributed by atoms with E-state index in [1.807, 2.05) is 13.8 Å². The van der Waals surface area contributed by atoms with Gasteiger partial charge in [0.2, 0.25) is 5.91 Å². The number of carboxylic acid groups (broad SMARTS) is 1. The monoisotopic (exact) mass is 241 g/mol. The Bertz CT molecular complexity index is 344. The van der Waals surface area contributed by atoms with Crippen LogP contribution in [0.3, 0.4) is 0 Å². The van der Waals surface area contributed by atoms with Gasteiger partial charge in [0.25, 0.3) is 0 Å². The molecule has 2 rings (SSSR count). The molecule has 0 aromatic rings. The fourth-order valence-corrected chi connectivity index (χ4v) is 2.84. The molecule has 1 saturated carbocycles. The van der Waals surface area contributed by atoms with Crippen molar-refractivity contribution in [2.45, 2.75) is 32.8 Å². The van der Waals surface area contributed by atoms with Crippen LogP contribution in [0.2, 0.25) is 0 Å². The van der Waals surface area contributed by atoms with E-state index in [1.54, 1.807) is 4.90 Å². The summed E-state index contributed by atoms with van der Waals surface area (Å²) < 4.78 is 0. The summed E-state index contributed by atoms with van der Waals surface area (Å²) in [5, 5.41) is 18.4. The lowest BCUT2D eigenvalue weighted by molar-refractivity contribution is -0.142. The molecule has 0 bridgehead atoms. The van der Waals surface area contributed by atoms with Gasteiger partial charge in [0.05, 0.1) is 17.9 Å². The molecule has 1 aliphatic heterocycles. The summed E-state index contributed by atoms with van der Waals surface area (Å²) in [6, 6.07) is 0. The quantitative estimate of drug-likeness (QED) is 0.730. The molecule has 0 spiro atoms. The molecular formula is C12H19NO4. The number of carboxylic acids is 1. The van der Waals surface area contributed by atoms with E-state index in [0.29, 0.717) is 25.9 Å². The molecule has 2 aliphatic rings. The van der Waals surface area contributed by atoms with E-state index < -0.39 is 23.2 Å². The lowest BCUT2D eigenvalue weighted by Gasteiger charge is -2.30. The van der Waals surface area contributed by atoms with Gasteiger partial charge in [-0.3, -0.25) is 9.59 Å². The lowest BCUT2D eigenvalue weighted by atomic mass is 10.1. The highest BCUT2D eigenvalue weighted by Crippen LogP contribution is 2.59. The fraction of sp³-hybridized carbons (Fsp3) is 0.833. The summed E-state index contributed by atoms with van der Waals surface area (Å²) in [5.41, 5.74) is -0.432. The molecule has 5 heteroatoms. The highest BCUT2D eigenvalue weighted by atomic mass is 16.4. The third-order valence-corrected chi connectivity index (χ3v) is 4.14. The van der Waals surface area contributed by atoms with Crippen LogP contribution in [0.25, 0.3) is 0 Å². The Labute approximate surface area is 100 Å². The van der Waals surface area contributed by atoms with Gasteiger partial charge in [0.15, 0.2) is 0 Å². The molecule has 2 fully saturated rings. The van der Waals surface area contributed by atoms with Crippen molar-refractivity contribution in [2.24, 2.45) is 17.3 Å². The summed E-state index contributed by atoms with van der Waals surface area (Å²) in [6.07, 6.45) is 0.870. The number of likely N-dealkylation sites (tertiary alicyclic amines) is 1. The summed E-state index contributed by atoms with van der Waals surface area (Å²) >= 11 is 0. The van der Waals surface area contributed by atoms with Crippen molar-refractivity contribution in [1.29, 1.82) is 0 Å². The van der Waals surface area contributed by atoms with Crippen LogP contribution in [0.15, 0.2) is 0 Å². The van der Waals surface area contributed by atoms with Crippen LogP contribution in [0.1, 0.15) is 26.7 Å². The van der Waals surface area contributed by atoms with Crippen LogP contribution < -0.4 is 0 Å². The highest BCUT2D eigenvalue weighted by Gasteiger charge is 2.66. The van der Waals surface area contributed by atoms with Gasteiger partial charge in [-0.25, -0.2) is 0 Å². The molecule has 2 N–H and O–H groups in total. The van der Waals surface area contributed by atoms with Crippen molar-refractivity contribution in [1.82, 2.24) is 4.90 Å². The van der Waals surface area contributed by atoms with Gasteiger partial charge in [0.1, 0.15) is 0 Å². The first kappa shape index (κ1) is 12.4. The number of amides is 1. The van der Waals surface area contributed by atoms with Gasteiger partial charge >= 0.3 is 5.97 Å². The van der Waals surface area contributed by atoms with Crippen molar-refractivity contribution in [3.05, 3.63) is 0 Å². The molecule has 1 saturated heterocycles. The lowest BCUT2D eigenvalue weighted by Crippen LogP contribution is -2.41. The maximum absolute atomic E-state index is 12.2. The standard InChI is InChI=1S/C12H19NO4/c1-12(2)8(9(12)11(16)17)10(15)13-5-3-7(14)4-6-13/h7-9,14H,3-6H2,1-2H3,(H,16,17)/t8-,9+/m0/s1. The summed E-state index contributed by atoms with van der Waals surface area (Å²) in [7, 11) is 0. The second-order valence-electron chi connectivity index (χ2n) is 5.67. The minimum absolute atomic E-state index is 0.0608. The largest absolute Gasteiger partial charge is 0.481 e. The highest BCUT2D eigenvalue weighted by molar-refractivity contribution is 5.91. The molecule has 1 heterocycles. The number of aliphatic carboxylic acids is 1. The van der Waals surface area contributed by atoms with Gasteiger partial charge in [-0.2, -0.15) is 0 Å². The third kappa shape index (κ3) is 2.04. The van der Waals surface area contributed by atoms with Crippen LogP contribution in [0, 0.1) is 17.3 Å². The van der Waals surface area contributed by atoms with E-state index in [1.165, 1.54) is 0 Å². The minimum Gasteiger partial charge on any atom is -0.481 e. The molecule has 5 nitrogen and oxygen atoms in total. The second-order valence-corrected chi connectivity index (χ2v) is 5.67. The molecule has 0 radical (unpaired) electrons. The number of hydrogen-bond acceptors (Lipinski definition) is 3. The Morgan fingerprint density at radius 3 is 2.12 bits per heavy atom. The Morgan fingerprint density at radius 2 is 1.71 bits per heavy atom. The third-order valence-electron chi connectivity index (χ3n) is 4.14. The molecule has 1 amide bonds. The Morgan fingerprint density at radius 1 is 1.18 bits per heavy atom. The fourth-order valence-electron chi connectivity index (χ4n) is 2.84. The zero-order chi connectivity index (χ0) is 12.8. The zero-order valence-electron chi connectivity index (χ0n) is 10.2. The van der Waals surface area contributed by atoms with Crippen LogP contribution in [0.4, 0.5) is 0 Å². The number of carbonyl (C=O) groups excluding carboxylic acids is 1. The van der Waals surface area contributed by atoms with Gasteiger partial charge in [-0.15, -0.1) is 0 Å². The van der Waals surface area contributed by atoms with E-state index in [0.717, 1.165) is 0 Å². The van der Waals surface area contributed by atoms with Gasteiger partial charge < -0.3 is 15.1 Å². The predicted molar refractivity (Wildman–Crippen MR) is 60.2 cm³/mol. The molecule has 0 aromatic heterocycles. The van der Waals surface area contributed by atoms with Gasteiger partial charge in [-0.1, -0.05) is 13.8 Å². The Kier molecular flexibility index (Phi) is 2.89. The smallest absolute Gasteiger partial charge is 0.307 e. The second kappa shape index (κ2) is 3.98. The van der Waals surface area contributed by atoms with E-state index in [9.17, 15) is 14.7 Å². The average Bonchev–Trinajstić information content (AvgIpc) is 2.82. The van der Waals surface area contributed by atoms with Crippen molar-refractivity contribution in [3.63, 3.8) is 0 Å². The molecule has 1 aliphatic carbocycles. The van der Waals surface area contributed by atoms with Crippen molar-refractivity contribution >= 4 is 11.9 Å². The van der Waals surface area contributed by atoms with Crippen molar-refractivity contribution < 1.29 is 19.8 Å². The molecule has 96 valence electrons. The minimum atomic E-state index is -0.884. The van der Waals surface area contributed by atoms with E-state index in [2.05, 4.69) is 0 Å². The van der Waals surface area contributed by atoms with Gasteiger partial charge in [-0.05, 0) is 18.3 Å². The zero-order valence-corrected chi connectivity index (χ0v) is 10.2. The number of rotatable bonds is 2. The first-order valence-electron chi connectivity index (χ1n) is 6.05. The van der Waals surface area contributed by atoms with Crippen LogP contribution in [-0.2, 0) is 9.59 Å². The SMILES string of the molecule is CC1(C)[C@H](C(=O)N2CCC(O)CC2)[C@@H]1C(=O)O. The van der Waals surface area contributed by atoms with E-state index in [4.69, 9.17) is 5.11 Å². The molecular weight excluding hydrogens is 222 g/mol. The Hall–Kier alpha value is -1.10. The van der Waals surface area contributed by atoms with Crippen LogP contribution >= 0.6 is 0 Å². The summed E-state index contributed by atoms with van der Waals surface area (Å²) in [6.45, 7) is 4.73. The first-order valence-corrected chi connectivity index (χ1v) is 6.05. The Balaban J connectivity index is 2.00. The number of aliphatic hydroxyl groups excluding tert-OH is 1. The topological polar surface area (TPSA) is 77.8 Å². The van der Waals surface area contributed by atoms with Crippen LogP contribution in [0.5, 0.6) is 0 Å². The summed E-state index contributed by atoms with van der Waals surface area (Å²) in [5.74, 6) is -1.89. The van der Waals surface area contributed by atoms with Crippen molar-refractivity contribution in [3.8, 4) is 0 Å². The number of carbonyl (C=O) groups is 2. The molecule has 17 heavy (non-hydrogen) atoms. The maximum atomic E-state index is 12.2. The molecule has 2 atom stereocenters. The summed E-state index contributed by atoms with van der Waals surface area (Å²) in [4.78, 5) is 24.9. The van der Waals surface area contributed by atoms with E-state index >= 15 is 0 Å². The normalized spacial score (nSPS) is 32.3. The number of nitrogens with zero attached hydrogens (tertiary/aromatic N) is 1. The number of aliphatic hydroxyl groups is 1. The molecule has 0 unspecified atom stereocenters. The average molecular weight is 241 g/mol. The number of piperidine rings is 1. The van der Waals surface area contributed by atoms with Crippen molar-refractivity contribution in [2.75, 3.05) is 13.1 Å².